The average molecular weight is 197 g/mol. The first-order valence-electron chi connectivity index (χ1n) is 4.09. The lowest BCUT2D eigenvalue weighted by Crippen LogP contribution is -2.09. The van der Waals surface area contributed by atoms with Gasteiger partial charge in [0.2, 0.25) is 0 Å². The zero-order chi connectivity index (χ0) is 11.0. The predicted octanol–water partition coefficient (Wildman–Crippen LogP) is 0.864. The monoisotopic (exact) mass is 197 g/mol. The number of nitriles is 1. The minimum absolute atomic E-state index is 0.0147. The summed E-state index contributed by atoms with van der Waals surface area (Å²) in [4.78, 5) is 21.4. The van der Waals surface area contributed by atoms with Gasteiger partial charge >= 0.3 is 11.9 Å². The van der Waals surface area contributed by atoms with Crippen molar-refractivity contribution in [2.24, 2.45) is 0 Å². The number of aliphatic carboxylic acids is 1. The number of rotatable bonds is 5. The highest BCUT2D eigenvalue weighted by Crippen LogP contribution is 2.06. The molecule has 0 radical (unpaired) electrons. The van der Waals surface area contributed by atoms with Crippen LogP contribution in [0.25, 0.3) is 0 Å². The van der Waals surface area contributed by atoms with Crippen molar-refractivity contribution in [3.63, 3.8) is 0 Å². The van der Waals surface area contributed by atoms with Gasteiger partial charge in [-0.2, -0.15) is 5.26 Å². The molecule has 76 valence electrons. The maximum atomic E-state index is 11.1. The molecule has 5 nitrogen and oxygen atoms in total. The van der Waals surface area contributed by atoms with Crippen molar-refractivity contribution in [2.45, 2.75) is 19.8 Å². The van der Waals surface area contributed by atoms with Crippen LogP contribution in [0.4, 0.5) is 0 Å². The molecule has 0 aliphatic heterocycles. The molecule has 0 saturated carbocycles. The van der Waals surface area contributed by atoms with Crippen molar-refractivity contribution in [2.75, 3.05) is 6.61 Å². The summed E-state index contributed by atoms with van der Waals surface area (Å²) in [5, 5.41) is 16.7. The predicted molar refractivity (Wildman–Crippen MR) is 47.2 cm³/mol. The molecule has 5 heteroatoms. The lowest BCUT2D eigenvalue weighted by Gasteiger charge is -2.03. The third kappa shape index (κ3) is 4.93. The zero-order valence-electron chi connectivity index (χ0n) is 7.82. The van der Waals surface area contributed by atoms with Gasteiger partial charge in [-0.15, -0.1) is 0 Å². The van der Waals surface area contributed by atoms with E-state index in [4.69, 9.17) is 10.4 Å². The highest BCUT2D eigenvalue weighted by molar-refractivity contribution is 5.95. The van der Waals surface area contributed by atoms with Gasteiger partial charge < -0.3 is 9.84 Å². The molecule has 0 saturated heterocycles. The third-order valence-corrected chi connectivity index (χ3v) is 1.34. The molecule has 0 aromatic carbocycles. The molecule has 0 aromatic rings. The normalized spacial score (nSPS) is 10.4. The number of carbonyl (C=O) groups is 2. The molecule has 0 atom stereocenters. The zero-order valence-corrected chi connectivity index (χ0v) is 7.82. The molecule has 0 unspecified atom stereocenters. The van der Waals surface area contributed by atoms with E-state index in [0.717, 1.165) is 6.08 Å². The second-order valence-corrected chi connectivity index (χ2v) is 2.39. The van der Waals surface area contributed by atoms with E-state index in [-0.39, 0.29) is 25.0 Å². The van der Waals surface area contributed by atoms with Gasteiger partial charge in [0.15, 0.2) is 0 Å². The number of carbonyl (C=O) groups excluding carboxylic acids is 1. The average Bonchev–Trinajstić information content (AvgIpc) is 2.12. The standard InChI is InChI=1S/C9H11NO4/c1-2-14-9(13)7(4-3-5-10)6-8(11)12/h6H,2-4H2,1H3,(H,11,12)/b7-6-. The smallest absolute Gasteiger partial charge is 0.334 e. The van der Waals surface area contributed by atoms with Gasteiger partial charge in [0, 0.05) is 18.1 Å². The SMILES string of the molecule is CCOC(=O)/C(=C\C(=O)O)CCC#N. The number of carboxylic acid groups (broad SMARTS) is 1. The summed E-state index contributed by atoms with van der Waals surface area (Å²) in [6, 6.07) is 1.83. The van der Waals surface area contributed by atoms with E-state index in [2.05, 4.69) is 4.74 Å². The van der Waals surface area contributed by atoms with Crippen LogP contribution in [0, 0.1) is 11.3 Å². The highest BCUT2D eigenvalue weighted by Gasteiger charge is 2.11. The molecule has 0 bridgehead atoms. The molecular formula is C9H11NO4. The van der Waals surface area contributed by atoms with E-state index < -0.39 is 11.9 Å². The van der Waals surface area contributed by atoms with Crippen LogP contribution in [0.3, 0.4) is 0 Å². The van der Waals surface area contributed by atoms with E-state index in [9.17, 15) is 9.59 Å². The van der Waals surface area contributed by atoms with Crippen molar-refractivity contribution < 1.29 is 19.4 Å². The Morgan fingerprint density at radius 1 is 1.57 bits per heavy atom. The van der Waals surface area contributed by atoms with Crippen molar-refractivity contribution in [1.82, 2.24) is 0 Å². The third-order valence-electron chi connectivity index (χ3n) is 1.34. The number of carboxylic acids is 1. The second kappa shape index (κ2) is 6.66. The first-order chi connectivity index (χ1) is 6.61. The number of ether oxygens (including phenoxy) is 1. The summed E-state index contributed by atoms with van der Waals surface area (Å²) in [6.45, 7) is 1.81. The van der Waals surface area contributed by atoms with E-state index in [0.29, 0.717) is 0 Å². The molecule has 0 fully saturated rings. The van der Waals surface area contributed by atoms with Crippen molar-refractivity contribution in [1.29, 1.82) is 5.26 Å². The van der Waals surface area contributed by atoms with Gasteiger partial charge in [0.1, 0.15) is 0 Å². The summed E-state index contributed by atoms with van der Waals surface area (Å²) in [5.41, 5.74) is 0.0147. The van der Waals surface area contributed by atoms with E-state index in [1.807, 2.05) is 6.07 Å². The Bertz CT molecular complexity index is 288. The second-order valence-electron chi connectivity index (χ2n) is 2.39. The Balaban J connectivity index is 4.48. The lowest BCUT2D eigenvalue weighted by atomic mass is 10.1. The van der Waals surface area contributed by atoms with Crippen molar-refractivity contribution >= 4 is 11.9 Å². The molecular weight excluding hydrogens is 186 g/mol. The number of hydrogen-bond acceptors (Lipinski definition) is 4. The van der Waals surface area contributed by atoms with Crippen LogP contribution in [0.2, 0.25) is 0 Å². The fourth-order valence-electron chi connectivity index (χ4n) is 0.797. The van der Waals surface area contributed by atoms with E-state index in [1.54, 1.807) is 6.92 Å². The van der Waals surface area contributed by atoms with Crippen LogP contribution < -0.4 is 0 Å². The summed E-state index contributed by atoms with van der Waals surface area (Å²) in [7, 11) is 0. The molecule has 0 rings (SSSR count). The largest absolute Gasteiger partial charge is 0.478 e. The minimum Gasteiger partial charge on any atom is -0.478 e. The van der Waals surface area contributed by atoms with Crippen molar-refractivity contribution in [3.8, 4) is 6.07 Å². The molecule has 14 heavy (non-hydrogen) atoms. The van der Waals surface area contributed by atoms with Crippen LogP contribution in [-0.2, 0) is 14.3 Å². The van der Waals surface area contributed by atoms with Gasteiger partial charge in [-0.25, -0.2) is 9.59 Å². The Morgan fingerprint density at radius 2 is 2.21 bits per heavy atom. The van der Waals surface area contributed by atoms with Crippen LogP contribution in [0.15, 0.2) is 11.6 Å². The van der Waals surface area contributed by atoms with Crippen LogP contribution in [-0.4, -0.2) is 23.7 Å². The maximum Gasteiger partial charge on any atom is 0.334 e. The summed E-state index contributed by atoms with van der Waals surface area (Å²) >= 11 is 0. The van der Waals surface area contributed by atoms with E-state index in [1.165, 1.54) is 0 Å². The highest BCUT2D eigenvalue weighted by atomic mass is 16.5. The first-order valence-corrected chi connectivity index (χ1v) is 4.09. The van der Waals surface area contributed by atoms with Crippen molar-refractivity contribution in [3.05, 3.63) is 11.6 Å². The van der Waals surface area contributed by atoms with Gasteiger partial charge in [0.25, 0.3) is 0 Å². The molecule has 0 aliphatic carbocycles. The van der Waals surface area contributed by atoms with Gasteiger partial charge in [0.05, 0.1) is 12.7 Å². The Kier molecular flexibility index (Phi) is 5.79. The Morgan fingerprint density at radius 3 is 2.64 bits per heavy atom. The molecule has 0 aromatic heterocycles. The Labute approximate surface area is 81.6 Å². The van der Waals surface area contributed by atoms with Gasteiger partial charge in [-0.3, -0.25) is 0 Å². The maximum absolute atomic E-state index is 11.1. The topological polar surface area (TPSA) is 87.4 Å². The molecule has 0 amide bonds. The number of nitrogens with zero attached hydrogens (tertiary/aromatic N) is 1. The molecule has 1 N–H and O–H groups in total. The van der Waals surface area contributed by atoms with E-state index >= 15 is 0 Å². The Hall–Kier alpha value is -1.83. The molecule has 0 spiro atoms. The fraction of sp³-hybridized carbons (Fsp3) is 0.444. The number of esters is 1. The quantitative estimate of drug-likeness (QED) is 0.521. The summed E-state index contributed by atoms with van der Waals surface area (Å²) < 4.78 is 4.62. The summed E-state index contributed by atoms with van der Waals surface area (Å²) in [6.07, 6.45) is 0.967. The fourth-order valence-corrected chi connectivity index (χ4v) is 0.797. The van der Waals surface area contributed by atoms with Crippen LogP contribution in [0.1, 0.15) is 19.8 Å². The van der Waals surface area contributed by atoms with Gasteiger partial charge in [-0.05, 0) is 13.3 Å². The lowest BCUT2D eigenvalue weighted by molar-refractivity contribution is -0.139. The number of hydrogen-bond donors (Lipinski definition) is 1. The first kappa shape index (κ1) is 12.2. The summed E-state index contributed by atoms with van der Waals surface area (Å²) in [5.74, 6) is -1.89. The van der Waals surface area contributed by atoms with Crippen LogP contribution >= 0.6 is 0 Å². The van der Waals surface area contributed by atoms with Gasteiger partial charge in [-0.1, -0.05) is 0 Å². The molecule has 0 heterocycles. The van der Waals surface area contributed by atoms with Crippen LogP contribution in [0.5, 0.6) is 0 Å². The molecule has 0 aliphatic rings. The minimum atomic E-state index is -1.22.